The van der Waals surface area contributed by atoms with E-state index in [1.807, 2.05) is 64.0 Å². The molecule has 115 heavy (non-hydrogen) atoms. The Bertz CT molecular complexity index is 4780. The van der Waals surface area contributed by atoms with E-state index in [4.69, 9.17) is 11.3 Å². The molecule has 0 unspecified atom stereocenters. The summed E-state index contributed by atoms with van der Waals surface area (Å²) in [5.41, 5.74) is 6.44. The number of nitrogens with zero attached hydrogens (tertiary/aromatic N) is 11. The lowest BCUT2D eigenvalue weighted by molar-refractivity contribution is -0.196. The minimum Gasteiger partial charge on any atom is -0.380 e. The first-order valence-electron chi connectivity index (χ1n) is 39.3. The van der Waals surface area contributed by atoms with Crippen LogP contribution < -0.4 is 31.9 Å². The SMILES string of the molecule is CN1CCN(C(=O)[C@H](CCCN[C@@H]2C[C@H]2c2ccc(F)cc2)NC(=O)c2ccc(-c3ncncn3)cc2)CC1.O=C(N[C@@H](CCCN[C@@H]1C[C@H]1c1ccc(F)cc1)C(=O)N1CC2(COC2)C1)c1ccc(-n2ccnc2)cc1.[C-]#[N+]C1CN(C(=O)[C@H](CCCN[C@@H]2C[C@H]2c2ccc(F)cc2)NC(=O)c2ccc(S(=O)(=O)N(C)C)cc2)C1. The summed E-state index contributed by atoms with van der Waals surface area (Å²) in [5, 5.41) is 19.4. The third-order valence-electron chi connectivity index (χ3n) is 22.4. The number of imidazole rings is 1. The molecule has 8 aromatic rings. The van der Waals surface area contributed by atoms with Crippen LogP contribution in [0.4, 0.5) is 13.2 Å². The van der Waals surface area contributed by atoms with Crippen molar-refractivity contribution in [2.24, 2.45) is 5.41 Å². The quantitative estimate of drug-likeness (QED) is 0.0180. The average Bonchev–Trinajstić information content (AvgIpc) is 1.69. The van der Waals surface area contributed by atoms with Gasteiger partial charge in [0.2, 0.25) is 27.7 Å². The van der Waals surface area contributed by atoms with Gasteiger partial charge in [-0.25, -0.2) is 52.4 Å². The molecule has 0 radical (unpaired) electrons. The third-order valence-corrected chi connectivity index (χ3v) is 24.2. The number of ether oxygens (including phenoxy) is 1. The zero-order chi connectivity index (χ0) is 80.8. The summed E-state index contributed by atoms with van der Waals surface area (Å²) in [6, 6.07) is 38.7. The second-order valence-corrected chi connectivity index (χ2v) is 33.2. The van der Waals surface area contributed by atoms with Crippen molar-refractivity contribution in [2.45, 2.75) is 123 Å². The van der Waals surface area contributed by atoms with Crippen molar-refractivity contribution in [3.8, 4) is 17.1 Å². The Balaban J connectivity index is 0.000000150. The number of likely N-dealkylation sites (N-methyl/N-ethyl adjacent to an activating group) is 1. The molecule has 30 heteroatoms. The van der Waals surface area contributed by atoms with E-state index < -0.39 is 34.1 Å². The van der Waals surface area contributed by atoms with E-state index in [0.29, 0.717) is 138 Å². The van der Waals surface area contributed by atoms with Gasteiger partial charge in [0.15, 0.2) is 5.82 Å². The average molecular weight is 1590 g/mol. The Kier molecular flexibility index (Phi) is 27.0. The number of hydrogen-bond donors (Lipinski definition) is 6. The third kappa shape index (κ3) is 21.7. The fraction of sp³-hybridized carbons (Fsp3) is 0.424. The molecule has 6 N–H and O–H groups in total. The number of sulfonamides is 1. The Morgan fingerprint density at radius 3 is 1.35 bits per heavy atom. The van der Waals surface area contributed by atoms with E-state index >= 15 is 0 Å². The van der Waals surface area contributed by atoms with Crippen molar-refractivity contribution >= 4 is 45.5 Å². The lowest BCUT2D eigenvalue weighted by Gasteiger charge is -2.55. The number of carbonyl (C=O) groups is 6. The lowest BCUT2D eigenvalue weighted by atomic mass is 9.77. The summed E-state index contributed by atoms with van der Waals surface area (Å²) < 4.78 is 72.5. The maximum absolute atomic E-state index is 13.4. The molecule has 9 atom stereocenters. The zero-order valence-electron chi connectivity index (χ0n) is 64.7. The molecular formula is C85H98F3N17O9S. The molecule has 3 aliphatic carbocycles. The summed E-state index contributed by atoms with van der Waals surface area (Å²) in [5.74, 6) is -0.301. The number of nitrogens with one attached hydrogen (secondary N) is 6. The van der Waals surface area contributed by atoms with E-state index in [1.54, 1.807) is 66.0 Å². The van der Waals surface area contributed by atoms with Crippen LogP contribution in [-0.2, 0) is 29.1 Å². The smallest absolute Gasteiger partial charge is 0.258 e. The number of aromatic nitrogens is 5. The number of piperazine rings is 1. The number of amides is 6. The Labute approximate surface area is 668 Å². The number of hydrogen-bond acceptors (Lipinski definition) is 17. The first-order valence-corrected chi connectivity index (χ1v) is 40.7. The van der Waals surface area contributed by atoms with Crippen LogP contribution in [0.5, 0.6) is 0 Å². The maximum atomic E-state index is 13.4. The van der Waals surface area contributed by atoms with Crippen molar-refractivity contribution in [3.63, 3.8) is 0 Å². The van der Waals surface area contributed by atoms with E-state index in [9.17, 15) is 50.4 Å². The normalized spacial score (nSPS) is 20.6. The van der Waals surface area contributed by atoms with E-state index in [0.717, 1.165) is 90.5 Å². The summed E-state index contributed by atoms with van der Waals surface area (Å²) in [4.78, 5) is 106. The lowest BCUT2D eigenvalue weighted by Crippen LogP contribution is -2.69. The van der Waals surface area contributed by atoms with Crippen LogP contribution in [0.25, 0.3) is 21.9 Å². The van der Waals surface area contributed by atoms with Gasteiger partial charge in [0.05, 0.1) is 42.9 Å². The van der Waals surface area contributed by atoms with Gasteiger partial charge in [0.25, 0.3) is 23.8 Å². The van der Waals surface area contributed by atoms with Crippen molar-refractivity contribution < 1.29 is 55.1 Å². The molecule has 7 aliphatic rings. The fourth-order valence-corrected chi connectivity index (χ4v) is 15.9. The molecule has 6 heterocycles. The van der Waals surface area contributed by atoms with Gasteiger partial charge in [0.1, 0.15) is 48.2 Å². The molecule has 7 fully saturated rings. The van der Waals surface area contributed by atoms with Gasteiger partial charge in [-0.1, -0.05) is 48.5 Å². The minimum atomic E-state index is -3.62. The Hall–Kier alpha value is -10.7. The molecule has 26 nitrogen and oxygen atoms in total. The molecule has 2 aromatic heterocycles. The highest BCUT2D eigenvalue weighted by Gasteiger charge is 2.52. The molecule has 4 aliphatic heterocycles. The van der Waals surface area contributed by atoms with Crippen LogP contribution in [-0.4, -0.2) is 241 Å². The molecule has 0 bridgehead atoms. The summed E-state index contributed by atoms with van der Waals surface area (Å²) in [6.45, 7) is 15.7. The number of likely N-dealkylation sites (tertiary alicyclic amines) is 2. The zero-order valence-corrected chi connectivity index (χ0v) is 65.5. The molecule has 6 amide bonds. The monoisotopic (exact) mass is 1590 g/mol. The molecule has 4 saturated heterocycles. The van der Waals surface area contributed by atoms with Crippen LogP contribution in [0.2, 0.25) is 0 Å². The molecule has 604 valence electrons. The molecule has 15 rings (SSSR count). The summed E-state index contributed by atoms with van der Waals surface area (Å²) in [6.07, 6.45) is 14.8. The highest BCUT2D eigenvalue weighted by Crippen LogP contribution is 2.43. The van der Waals surface area contributed by atoms with Gasteiger partial charge in [-0.05, 0) is 198 Å². The van der Waals surface area contributed by atoms with Crippen LogP contribution in [0.3, 0.4) is 0 Å². The highest BCUT2D eigenvalue weighted by atomic mass is 32.2. The van der Waals surface area contributed by atoms with Gasteiger partial charge in [0, 0.05) is 130 Å². The highest BCUT2D eigenvalue weighted by molar-refractivity contribution is 7.89. The summed E-state index contributed by atoms with van der Waals surface area (Å²) in [7, 11) is 1.29. The van der Waals surface area contributed by atoms with Crippen LogP contribution in [0, 0.1) is 29.4 Å². The van der Waals surface area contributed by atoms with E-state index in [-0.39, 0.29) is 68.9 Å². The van der Waals surface area contributed by atoms with Crippen molar-refractivity contribution in [1.29, 1.82) is 0 Å². The topological polar surface area (TPSA) is 295 Å². The van der Waals surface area contributed by atoms with Gasteiger partial charge < -0.3 is 65.6 Å². The minimum absolute atomic E-state index is 0.0264. The van der Waals surface area contributed by atoms with Crippen LogP contribution >= 0.6 is 0 Å². The largest absolute Gasteiger partial charge is 0.380 e. The molecule has 6 aromatic carbocycles. The predicted octanol–water partition coefficient (Wildman–Crippen LogP) is 7.60. The second-order valence-electron chi connectivity index (χ2n) is 31.1. The maximum Gasteiger partial charge on any atom is 0.258 e. The number of benzene rings is 6. The Morgan fingerprint density at radius 1 is 0.548 bits per heavy atom. The Morgan fingerprint density at radius 2 is 0.957 bits per heavy atom. The van der Waals surface area contributed by atoms with Crippen molar-refractivity contribution in [1.82, 2.24) is 80.3 Å². The van der Waals surface area contributed by atoms with Gasteiger partial charge in [-0.15, -0.1) is 0 Å². The second kappa shape index (κ2) is 37.7. The first-order chi connectivity index (χ1) is 55.6. The predicted molar refractivity (Wildman–Crippen MR) is 425 cm³/mol. The van der Waals surface area contributed by atoms with Gasteiger partial charge in [-0.2, -0.15) is 0 Å². The van der Waals surface area contributed by atoms with Gasteiger partial charge in [-0.3, -0.25) is 28.8 Å². The fourth-order valence-electron chi connectivity index (χ4n) is 15.0. The van der Waals surface area contributed by atoms with Gasteiger partial charge >= 0.3 is 0 Å². The van der Waals surface area contributed by atoms with E-state index in [2.05, 4.69) is 61.6 Å². The first kappa shape index (κ1) is 82.3. The molecular weight excluding hydrogens is 1490 g/mol. The molecule has 1 spiro atoms. The standard InChI is InChI=1S/C29H34FN7O2.C29H32FN5O3.C27H32FN5O4S/c1-36-13-15-37(16-14-36)29(39)25(3-2-12-32-26-17-24(26)20-8-10-23(30)11-9-20)35-28(38)22-6-4-21(5-7-22)27-33-18-31-19-34-27;30-22-7-3-20(4-8-22)24-14-26(24)32-11-1-2-25(28(37)35-15-29(16-35)17-38-18-29)33-27(36)21-5-9-23(10-6-21)34-13-12-31-19-34;1-29-21-16-33(17-21)27(35)24(5-4-14-30-25-15-23(25)18-6-10-20(28)11-7-18)31-26(34)19-8-12-22(13-9-19)38(36,37)32(2)3/h4-11,18-19,24-26,32H,2-3,12-17H2,1H3,(H,35,38);3-10,12-13,19,24-26,32H,1-2,11,14-18H2,(H,33,36);6-13,21,23-25,30H,4-5,14-17H2,2-3H3,(H,31,34)/t2*24-,25-,26+;23-,24-,25+/m000/s1. The van der Waals surface area contributed by atoms with Crippen LogP contribution in [0.1, 0.15) is 123 Å². The van der Waals surface area contributed by atoms with Crippen molar-refractivity contribution in [2.75, 3.05) is 106 Å². The molecule has 3 saturated carbocycles. The van der Waals surface area contributed by atoms with Crippen molar-refractivity contribution in [3.05, 3.63) is 239 Å². The summed E-state index contributed by atoms with van der Waals surface area (Å²) >= 11 is 0. The number of carbonyl (C=O) groups excluding carboxylic acids is 6. The van der Waals surface area contributed by atoms with Crippen LogP contribution in [0.15, 0.2) is 182 Å². The van der Waals surface area contributed by atoms with E-state index in [1.165, 1.54) is 87.4 Å². The number of rotatable bonds is 31. The number of halogens is 3.